The number of aliphatic hydroxyl groups excluding tert-OH is 1. The van der Waals surface area contributed by atoms with Crippen LogP contribution in [-0.4, -0.2) is 29.1 Å². The number of aliphatic hydroxyl groups is 1. The van der Waals surface area contributed by atoms with Crippen LogP contribution < -0.4 is 9.47 Å². The average Bonchev–Trinajstić information content (AvgIpc) is 2.71. The van der Waals surface area contributed by atoms with Crippen LogP contribution >= 0.6 is 27.5 Å². The van der Waals surface area contributed by atoms with Crippen molar-refractivity contribution in [3.8, 4) is 11.5 Å². The topological polar surface area (TPSA) is 56.5 Å². The second kappa shape index (κ2) is 6.25. The molecule has 1 heterocycles. The number of aromatic nitrogens is 2. The van der Waals surface area contributed by atoms with Gasteiger partial charge >= 0.3 is 0 Å². The molecule has 5 nitrogen and oxygen atoms in total. The van der Waals surface area contributed by atoms with E-state index in [9.17, 15) is 5.11 Å². The highest BCUT2D eigenvalue weighted by Crippen LogP contribution is 2.42. The number of benzene rings is 1. The molecule has 1 aromatic heterocycles. The second-order valence-electron chi connectivity index (χ2n) is 4.52. The molecule has 0 aliphatic heterocycles. The molecule has 0 saturated carbocycles. The Morgan fingerprint density at radius 2 is 2.00 bits per heavy atom. The van der Waals surface area contributed by atoms with Gasteiger partial charge < -0.3 is 14.6 Å². The van der Waals surface area contributed by atoms with Crippen molar-refractivity contribution < 1.29 is 14.6 Å². The number of hydrogen-bond acceptors (Lipinski definition) is 4. The van der Waals surface area contributed by atoms with Gasteiger partial charge in [0.05, 0.1) is 19.9 Å². The van der Waals surface area contributed by atoms with E-state index in [1.807, 2.05) is 0 Å². The zero-order valence-electron chi connectivity index (χ0n) is 12.1. The number of halogens is 2. The molecule has 0 radical (unpaired) electrons. The van der Waals surface area contributed by atoms with Crippen molar-refractivity contribution in [1.82, 2.24) is 9.78 Å². The summed E-state index contributed by atoms with van der Waals surface area (Å²) < 4.78 is 12.8. The lowest BCUT2D eigenvalue weighted by Gasteiger charge is -2.17. The first kappa shape index (κ1) is 16.1. The van der Waals surface area contributed by atoms with E-state index in [2.05, 4.69) is 21.0 Å². The van der Waals surface area contributed by atoms with Gasteiger partial charge in [0.25, 0.3) is 0 Å². The molecule has 1 N–H and O–H groups in total. The number of ether oxygens (including phenoxy) is 2. The first-order valence-corrected chi connectivity index (χ1v) is 7.36. The fourth-order valence-electron chi connectivity index (χ4n) is 2.25. The molecule has 0 aliphatic carbocycles. The third-order valence-corrected chi connectivity index (χ3v) is 4.48. The fourth-order valence-corrected chi connectivity index (χ4v) is 3.21. The van der Waals surface area contributed by atoms with E-state index in [0.29, 0.717) is 37.9 Å². The zero-order chi connectivity index (χ0) is 15.7. The van der Waals surface area contributed by atoms with Crippen LogP contribution in [0.25, 0.3) is 0 Å². The predicted octanol–water partition coefficient (Wildman–Crippen LogP) is 3.24. The highest BCUT2D eigenvalue weighted by atomic mass is 79.9. The molecular formula is C14H16BrClN2O3. The van der Waals surface area contributed by atoms with Gasteiger partial charge in [-0.15, -0.1) is 0 Å². The molecule has 0 fully saturated rings. The number of methoxy groups -OCH3 is 2. The molecule has 0 aliphatic rings. The minimum absolute atomic E-state index is 0.397. The summed E-state index contributed by atoms with van der Waals surface area (Å²) in [4.78, 5) is 0. The third kappa shape index (κ3) is 2.75. The standard InChI is InChI=1S/C14H16BrClN2O3/c1-7-10(14(16)18(2)17-7)12(19)8-5-6-9(20-3)11(15)13(8)21-4/h5-6,12,19H,1-4H3. The van der Waals surface area contributed by atoms with Crippen LogP contribution in [0.1, 0.15) is 22.9 Å². The van der Waals surface area contributed by atoms with Gasteiger partial charge in [0.2, 0.25) is 0 Å². The summed E-state index contributed by atoms with van der Waals surface area (Å²) in [7, 11) is 4.83. The Morgan fingerprint density at radius 3 is 2.48 bits per heavy atom. The molecule has 0 saturated heterocycles. The van der Waals surface area contributed by atoms with E-state index in [4.69, 9.17) is 21.1 Å². The molecule has 21 heavy (non-hydrogen) atoms. The van der Waals surface area contributed by atoms with Crippen molar-refractivity contribution in [1.29, 1.82) is 0 Å². The van der Waals surface area contributed by atoms with Crippen molar-refractivity contribution >= 4 is 27.5 Å². The lowest BCUT2D eigenvalue weighted by atomic mass is 10.0. The summed E-state index contributed by atoms with van der Waals surface area (Å²) in [5.74, 6) is 1.12. The lowest BCUT2D eigenvalue weighted by Crippen LogP contribution is -2.05. The zero-order valence-corrected chi connectivity index (χ0v) is 14.5. The van der Waals surface area contributed by atoms with Gasteiger partial charge in [-0.25, -0.2) is 0 Å². The van der Waals surface area contributed by atoms with Gasteiger partial charge in [-0.2, -0.15) is 5.10 Å². The Balaban J connectivity index is 2.58. The smallest absolute Gasteiger partial charge is 0.142 e. The molecule has 7 heteroatoms. The quantitative estimate of drug-likeness (QED) is 0.891. The van der Waals surface area contributed by atoms with Gasteiger partial charge in [0.1, 0.15) is 27.2 Å². The molecule has 2 aromatic rings. The minimum atomic E-state index is -0.941. The normalized spacial score (nSPS) is 12.3. The molecular weight excluding hydrogens is 360 g/mol. The number of rotatable bonds is 4. The van der Waals surface area contributed by atoms with Crippen molar-refractivity contribution in [3.05, 3.63) is 38.6 Å². The summed E-state index contributed by atoms with van der Waals surface area (Å²) >= 11 is 9.64. The van der Waals surface area contributed by atoms with Crippen LogP contribution in [0.2, 0.25) is 5.15 Å². The Morgan fingerprint density at radius 1 is 1.33 bits per heavy atom. The SMILES string of the molecule is COc1ccc(C(O)c2c(C)nn(C)c2Cl)c(OC)c1Br. The van der Waals surface area contributed by atoms with Crippen molar-refractivity contribution in [2.24, 2.45) is 7.05 Å². The third-order valence-electron chi connectivity index (χ3n) is 3.28. The summed E-state index contributed by atoms with van der Waals surface area (Å²) in [6.45, 7) is 1.80. The minimum Gasteiger partial charge on any atom is -0.495 e. The predicted molar refractivity (Wildman–Crippen MR) is 84.3 cm³/mol. The van der Waals surface area contributed by atoms with Gasteiger partial charge in [-0.3, -0.25) is 4.68 Å². The molecule has 0 amide bonds. The average molecular weight is 376 g/mol. The molecule has 1 aromatic carbocycles. The van der Waals surface area contributed by atoms with E-state index in [1.54, 1.807) is 33.2 Å². The molecule has 0 spiro atoms. The Bertz CT molecular complexity index is 673. The lowest BCUT2D eigenvalue weighted by molar-refractivity contribution is 0.213. The van der Waals surface area contributed by atoms with E-state index in [1.165, 1.54) is 11.8 Å². The second-order valence-corrected chi connectivity index (χ2v) is 5.67. The fraction of sp³-hybridized carbons (Fsp3) is 0.357. The maximum Gasteiger partial charge on any atom is 0.142 e. The number of hydrogen-bond donors (Lipinski definition) is 1. The van der Waals surface area contributed by atoms with E-state index < -0.39 is 6.10 Å². The maximum atomic E-state index is 10.7. The molecule has 2 rings (SSSR count). The van der Waals surface area contributed by atoms with Gasteiger partial charge in [0.15, 0.2) is 0 Å². The van der Waals surface area contributed by atoms with Crippen LogP contribution in [0.3, 0.4) is 0 Å². The largest absolute Gasteiger partial charge is 0.495 e. The first-order chi connectivity index (χ1) is 9.92. The summed E-state index contributed by atoms with van der Waals surface area (Å²) in [6, 6.07) is 3.50. The van der Waals surface area contributed by atoms with Gasteiger partial charge in [0, 0.05) is 18.2 Å². The maximum absolute atomic E-state index is 10.7. The Kier molecular flexibility index (Phi) is 4.81. The van der Waals surface area contributed by atoms with Gasteiger partial charge in [-0.1, -0.05) is 11.6 Å². The summed E-state index contributed by atoms with van der Waals surface area (Å²) in [6.07, 6.45) is -0.941. The molecule has 0 bridgehead atoms. The summed E-state index contributed by atoms with van der Waals surface area (Å²) in [5.41, 5.74) is 1.82. The summed E-state index contributed by atoms with van der Waals surface area (Å²) in [5, 5.41) is 15.3. The van der Waals surface area contributed by atoms with Crippen LogP contribution in [-0.2, 0) is 7.05 Å². The monoisotopic (exact) mass is 374 g/mol. The molecule has 1 unspecified atom stereocenters. The first-order valence-electron chi connectivity index (χ1n) is 6.19. The van der Waals surface area contributed by atoms with E-state index in [0.717, 1.165) is 0 Å². The molecule has 114 valence electrons. The van der Waals surface area contributed by atoms with Crippen molar-refractivity contribution in [2.45, 2.75) is 13.0 Å². The van der Waals surface area contributed by atoms with Crippen LogP contribution in [0.4, 0.5) is 0 Å². The van der Waals surface area contributed by atoms with Gasteiger partial charge in [-0.05, 0) is 35.0 Å². The van der Waals surface area contributed by atoms with E-state index >= 15 is 0 Å². The van der Waals surface area contributed by atoms with Crippen LogP contribution in [0.15, 0.2) is 16.6 Å². The Hall–Kier alpha value is -1.24. The highest BCUT2D eigenvalue weighted by molar-refractivity contribution is 9.10. The van der Waals surface area contributed by atoms with Crippen LogP contribution in [0, 0.1) is 6.92 Å². The number of aryl methyl sites for hydroxylation is 2. The van der Waals surface area contributed by atoms with Crippen molar-refractivity contribution in [3.63, 3.8) is 0 Å². The molecule has 1 atom stereocenters. The van der Waals surface area contributed by atoms with Crippen LogP contribution in [0.5, 0.6) is 11.5 Å². The van der Waals surface area contributed by atoms with E-state index in [-0.39, 0.29) is 0 Å². The highest BCUT2D eigenvalue weighted by Gasteiger charge is 2.25. The van der Waals surface area contributed by atoms with Crippen molar-refractivity contribution in [2.75, 3.05) is 14.2 Å². The number of nitrogens with zero attached hydrogens (tertiary/aromatic N) is 2. The Labute approximate surface area is 136 Å².